The predicted octanol–water partition coefficient (Wildman–Crippen LogP) is 16.4. The summed E-state index contributed by atoms with van der Waals surface area (Å²) in [6, 6.07) is 0. The average Bonchev–Trinajstić information content (AvgIpc) is 3.27. The number of esters is 2. The lowest BCUT2D eigenvalue weighted by atomic mass is 10.0. The van der Waals surface area contributed by atoms with Crippen molar-refractivity contribution in [3.05, 3.63) is 60.8 Å². The molecule has 0 amide bonds. The highest BCUT2D eigenvalue weighted by Crippen LogP contribution is 2.43. The van der Waals surface area contributed by atoms with Crippen LogP contribution in [0.4, 0.5) is 0 Å². The van der Waals surface area contributed by atoms with Crippen LogP contribution in [0.5, 0.6) is 0 Å². The zero-order chi connectivity index (χ0) is 48.5. The Morgan fingerprint density at radius 2 is 0.864 bits per heavy atom. The summed E-state index contributed by atoms with van der Waals surface area (Å²) < 4.78 is 34.4. The number of phosphoric ester groups is 1. The molecular weight excluding hydrogens is 846 g/mol. The van der Waals surface area contributed by atoms with Crippen LogP contribution in [0, 0.1) is 0 Å². The van der Waals surface area contributed by atoms with Crippen LogP contribution in [0.15, 0.2) is 60.8 Å². The summed E-state index contributed by atoms with van der Waals surface area (Å²) in [6.45, 7) is 4.28. The number of ether oxygens (including phenoxy) is 2. The molecule has 1 N–H and O–H groups in total. The maximum Gasteiger partial charge on any atom is 0.472 e. The Hall–Kier alpha value is -2.29. The Labute approximate surface area is 406 Å². The highest BCUT2D eigenvalue weighted by Gasteiger charge is 2.27. The summed E-state index contributed by atoms with van der Waals surface area (Å²) in [5.41, 5.74) is 0. The van der Waals surface area contributed by atoms with Gasteiger partial charge in [-0.25, -0.2) is 4.57 Å². The number of nitrogens with zero attached hydrogens (tertiary/aromatic N) is 1. The van der Waals surface area contributed by atoms with Crippen molar-refractivity contribution >= 4 is 19.8 Å². The van der Waals surface area contributed by atoms with Crippen LogP contribution in [0.3, 0.4) is 0 Å². The number of unbranched alkanes of at least 4 members (excludes halogenated alkanes) is 25. The van der Waals surface area contributed by atoms with Gasteiger partial charge in [-0.05, 0) is 77.0 Å². The van der Waals surface area contributed by atoms with Gasteiger partial charge >= 0.3 is 19.8 Å². The lowest BCUT2D eigenvalue weighted by Crippen LogP contribution is -2.37. The van der Waals surface area contributed by atoms with E-state index in [1.807, 2.05) is 21.1 Å². The second-order valence-corrected chi connectivity index (χ2v) is 20.7. The van der Waals surface area contributed by atoms with E-state index in [2.05, 4.69) is 74.6 Å². The van der Waals surface area contributed by atoms with E-state index in [9.17, 15) is 19.0 Å². The molecule has 0 aliphatic rings. The SMILES string of the molecule is CC/C=C\C/C=C\C/C=C\CCCCCC(=O)OC(COC(=O)CCCCCCCCCCCCCCCCCCC/C=C\C/C=C\CCCCCCC)COP(=O)(O)OCC[N+](C)(C)C. The zero-order valence-corrected chi connectivity index (χ0v) is 44.3. The summed E-state index contributed by atoms with van der Waals surface area (Å²) in [6.07, 6.45) is 60.2. The molecule has 0 aromatic carbocycles. The molecular formula is C56H103NO8P+. The summed E-state index contributed by atoms with van der Waals surface area (Å²) in [5.74, 6) is -0.829. The summed E-state index contributed by atoms with van der Waals surface area (Å²) in [5, 5.41) is 0. The largest absolute Gasteiger partial charge is 0.472 e. The van der Waals surface area contributed by atoms with Gasteiger partial charge in [-0.15, -0.1) is 0 Å². The topological polar surface area (TPSA) is 108 Å². The molecule has 0 spiro atoms. The summed E-state index contributed by atoms with van der Waals surface area (Å²) in [7, 11) is 1.46. The molecule has 10 heteroatoms. The molecule has 0 aliphatic carbocycles. The number of phosphoric acid groups is 1. The van der Waals surface area contributed by atoms with Gasteiger partial charge in [0.05, 0.1) is 27.7 Å². The smallest absolute Gasteiger partial charge is 0.462 e. The van der Waals surface area contributed by atoms with Crippen molar-refractivity contribution in [3.63, 3.8) is 0 Å². The monoisotopic (exact) mass is 949 g/mol. The minimum atomic E-state index is -4.39. The highest BCUT2D eigenvalue weighted by atomic mass is 31.2. The van der Waals surface area contributed by atoms with Gasteiger partial charge in [-0.2, -0.15) is 0 Å². The molecule has 0 fully saturated rings. The zero-order valence-electron chi connectivity index (χ0n) is 43.4. The quantitative estimate of drug-likeness (QED) is 0.0211. The van der Waals surface area contributed by atoms with Gasteiger partial charge in [0.2, 0.25) is 0 Å². The fourth-order valence-corrected chi connectivity index (χ4v) is 8.10. The molecule has 9 nitrogen and oxygen atoms in total. The van der Waals surface area contributed by atoms with E-state index in [0.29, 0.717) is 17.4 Å². The molecule has 384 valence electrons. The third-order valence-electron chi connectivity index (χ3n) is 11.5. The Balaban J connectivity index is 4.08. The van der Waals surface area contributed by atoms with Crippen molar-refractivity contribution in [1.82, 2.24) is 0 Å². The van der Waals surface area contributed by atoms with E-state index in [1.165, 1.54) is 135 Å². The van der Waals surface area contributed by atoms with Crippen molar-refractivity contribution in [1.29, 1.82) is 0 Å². The lowest BCUT2D eigenvalue weighted by Gasteiger charge is -2.24. The maximum absolute atomic E-state index is 12.7. The first-order valence-electron chi connectivity index (χ1n) is 27.0. The van der Waals surface area contributed by atoms with Gasteiger partial charge in [-0.1, -0.05) is 203 Å². The number of likely N-dealkylation sites (N-methyl/N-ethyl adjacent to an activating group) is 1. The Morgan fingerprint density at radius 3 is 1.30 bits per heavy atom. The number of carbonyl (C=O) groups is 2. The van der Waals surface area contributed by atoms with Crippen molar-refractivity contribution < 1.29 is 42.1 Å². The molecule has 0 saturated heterocycles. The molecule has 2 atom stereocenters. The highest BCUT2D eigenvalue weighted by molar-refractivity contribution is 7.47. The van der Waals surface area contributed by atoms with Crippen LogP contribution in [-0.2, 0) is 32.7 Å². The van der Waals surface area contributed by atoms with Crippen LogP contribution in [0.1, 0.15) is 232 Å². The van der Waals surface area contributed by atoms with Crippen LogP contribution < -0.4 is 0 Å². The van der Waals surface area contributed by atoms with E-state index in [1.54, 1.807) is 0 Å². The van der Waals surface area contributed by atoms with Gasteiger partial charge in [0, 0.05) is 12.8 Å². The minimum absolute atomic E-state index is 0.0246. The molecule has 0 aromatic rings. The number of allylic oxidation sites excluding steroid dienone is 10. The first-order chi connectivity index (χ1) is 32.0. The second kappa shape index (κ2) is 47.8. The second-order valence-electron chi connectivity index (χ2n) is 19.2. The van der Waals surface area contributed by atoms with E-state index in [0.717, 1.165) is 64.2 Å². The van der Waals surface area contributed by atoms with E-state index >= 15 is 0 Å². The Morgan fingerprint density at radius 1 is 0.485 bits per heavy atom. The standard InChI is InChI=1S/C56H102NO8P/c1-6-8-10-12-14-16-18-20-21-22-23-24-25-26-27-28-29-30-31-32-33-34-35-37-38-40-42-44-46-48-55(58)62-52-54(53-64-66(60,61)63-51-50-57(3,4)5)65-56(59)49-47-45-43-41-39-36-19-17-15-13-11-9-7-2/h9,11,15,17-18,20,22-23,36,39,54H,6-8,10,12-14,16,19,21,24-35,37-38,40-53H2,1-5H3/p+1/b11-9-,17-15-,20-18-,23-22-,39-36-. The van der Waals surface area contributed by atoms with E-state index in [-0.39, 0.29) is 32.0 Å². The molecule has 0 radical (unpaired) electrons. The van der Waals surface area contributed by atoms with Gasteiger partial charge in [-0.3, -0.25) is 18.6 Å². The fourth-order valence-electron chi connectivity index (χ4n) is 7.35. The van der Waals surface area contributed by atoms with Crippen LogP contribution in [0.2, 0.25) is 0 Å². The van der Waals surface area contributed by atoms with Crippen LogP contribution in [-0.4, -0.2) is 74.9 Å². The van der Waals surface area contributed by atoms with Crippen molar-refractivity contribution in [2.45, 2.75) is 238 Å². The fraction of sp³-hybridized carbons (Fsp3) is 0.786. The molecule has 66 heavy (non-hydrogen) atoms. The summed E-state index contributed by atoms with van der Waals surface area (Å²) in [4.78, 5) is 35.5. The number of rotatable bonds is 49. The van der Waals surface area contributed by atoms with Crippen molar-refractivity contribution in [3.8, 4) is 0 Å². The molecule has 0 saturated carbocycles. The van der Waals surface area contributed by atoms with E-state index < -0.39 is 26.5 Å². The molecule has 0 aromatic heterocycles. The minimum Gasteiger partial charge on any atom is -0.462 e. The van der Waals surface area contributed by atoms with Crippen molar-refractivity contribution in [2.24, 2.45) is 0 Å². The molecule has 0 aliphatic heterocycles. The number of hydrogen-bond acceptors (Lipinski definition) is 7. The van der Waals surface area contributed by atoms with Crippen LogP contribution in [0.25, 0.3) is 0 Å². The van der Waals surface area contributed by atoms with Gasteiger partial charge in [0.1, 0.15) is 19.8 Å². The number of carbonyl (C=O) groups excluding carboxylic acids is 2. The predicted molar refractivity (Wildman–Crippen MR) is 279 cm³/mol. The molecule has 0 heterocycles. The Bertz CT molecular complexity index is 1300. The molecule has 2 unspecified atom stereocenters. The normalized spacial score (nSPS) is 13.8. The first-order valence-corrected chi connectivity index (χ1v) is 28.5. The number of quaternary nitrogens is 1. The van der Waals surface area contributed by atoms with Gasteiger partial charge < -0.3 is 18.9 Å². The maximum atomic E-state index is 12.7. The summed E-state index contributed by atoms with van der Waals surface area (Å²) >= 11 is 0. The Kier molecular flexibility index (Phi) is 46.1. The lowest BCUT2D eigenvalue weighted by molar-refractivity contribution is -0.870. The molecule has 0 rings (SSSR count). The van der Waals surface area contributed by atoms with E-state index in [4.69, 9.17) is 18.5 Å². The van der Waals surface area contributed by atoms with Crippen LogP contribution >= 0.6 is 7.82 Å². The first kappa shape index (κ1) is 63.7. The van der Waals surface area contributed by atoms with Crippen molar-refractivity contribution in [2.75, 3.05) is 47.5 Å². The van der Waals surface area contributed by atoms with Gasteiger partial charge in [0.15, 0.2) is 6.10 Å². The third kappa shape index (κ3) is 51.1. The average molecular weight is 949 g/mol. The van der Waals surface area contributed by atoms with Gasteiger partial charge in [0.25, 0.3) is 0 Å². The third-order valence-corrected chi connectivity index (χ3v) is 12.5. The molecule has 0 bridgehead atoms. The number of hydrogen-bond donors (Lipinski definition) is 1.